The molecule has 10 heteroatoms. The number of sulfone groups is 2. The van der Waals surface area contributed by atoms with Crippen LogP contribution in [0.2, 0.25) is 0 Å². The number of aromatic nitrogens is 3. The molecule has 0 aliphatic heterocycles. The van der Waals surface area contributed by atoms with Crippen LogP contribution in [-0.2, 0) is 30.8 Å². The summed E-state index contributed by atoms with van der Waals surface area (Å²) in [5.41, 5.74) is 5.25. The Morgan fingerprint density at radius 3 is 2.31 bits per heavy atom. The number of fused-ring (bicyclic) bond motifs is 1. The summed E-state index contributed by atoms with van der Waals surface area (Å²) in [7, 11) is -6.77. The van der Waals surface area contributed by atoms with Gasteiger partial charge in [0, 0.05) is 41.7 Å². The first-order valence-corrected chi connectivity index (χ1v) is 17.1. The van der Waals surface area contributed by atoms with Crippen molar-refractivity contribution in [3.8, 4) is 11.1 Å². The SMILES string of the molecule is CCc1noc(/C(=C/c2cccc(-c3cc(C(C)(C)S(C)(=O)=O)cc4cccnc34)c2)c2ccc(S(C)(=O)=O)cc2)n1. The zero-order valence-corrected chi connectivity index (χ0v) is 25.6. The lowest BCUT2D eigenvalue weighted by atomic mass is 9.92. The number of pyridine rings is 1. The van der Waals surface area contributed by atoms with Crippen LogP contribution in [0.1, 0.15) is 49.2 Å². The van der Waals surface area contributed by atoms with E-state index in [9.17, 15) is 16.8 Å². The third-order valence-electron chi connectivity index (χ3n) is 7.44. The molecule has 5 rings (SSSR count). The normalized spacial score (nSPS) is 13.0. The lowest BCUT2D eigenvalue weighted by molar-refractivity contribution is 0.401. The molecule has 0 spiro atoms. The third-order valence-corrected chi connectivity index (χ3v) is 10.7. The van der Waals surface area contributed by atoms with E-state index in [0.29, 0.717) is 34.8 Å². The van der Waals surface area contributed by atoms with E-state index >= 15 is 0 Å². The van der Waals surface area contributed by atoms with E-state index in [2.05, 4.69) is 15.1 Å². The van der Waals surface area contributed by atoms with Crippen LogP contribution in [0.15, 0.2) is 88.4 Å². The summed E-state index contributed by atoms with van der Waals surface area (Å²) in [5.74, 6) is 0.869. The van der Waals surface area contributed by atoms with Crippen molar-refractivity contribution >= 4 is 42.2 Å². The lowest BCUT2D eigenvalue weighted by Crippen LogP contribution is -2.28. The summed E-state index contributed by atoms with van der Waals surface area (Å²) < 4.78 is 53.9. The summed E-state index contributed by atoms with van der Waals surface area (Å²) in [6.45, 7) is 5.35. The minimum Gasteiger partial charge on any atom is -0.334 e. The van der Waals surface area contributed by atoms with Crippen LogP contribution in [0.3, 0.4) is 0 Å². The molecule has 0 bridgehead atoms. The average Bonchev–Trinajstić information content (AvgIpc) is 3.43. The summed E-state index contributed by atoms with van der Waals surface area (Å²) >= 11 is 0. The third kappa shape index (κ3) is 5.77. The van der Waals surface area contributed by atoms with Crippen LogP contribution in [0.25, 0.3) is 33.7 Å². The molecule has 8 nitrogen and oxygen atoms in total. The second kappa shape index (κ2) is 10.9. The van der Waals surface area contributed by atoms with Crippen LogP contribution in [0.5, 0.6) is 0 Å². The van der Waals surface area contributed by atoms with Crippen molar-refractivity contribution in [2.24, 2.45) is 0 Å². The van der Waals surface area contributed by atoms with Gasteiger partial charge in [-0.15, -0.1) is 0 Å². The minimum absolute atomic E-state index is 0.212. The van der Waals surface area contributed by atoms with Gasteiger partial charge in [0.15, 0.2) is 25.5 Å². The fourth-order valence-electron chi connectivity index (χ4n) is 4.59. The van der Waals surface area contributed by atoms with Gasteiger partial charge in [-0.1, -0.05) is 48.5 Å². The second-order valence-electron chi connectivity index (χ2n) is 10.7. The molecular formula is C32H31N3O5S2. The highest BCUT2D eigenvalue weighted by atomic mass is 32.2. The first-order valence-electron chi connectivity index (χ1n) is 13.3. The first-order chi connectivity index (χ1) is 19.8. The van der Waals surface area contributed by atoms with Crippen LogP contribution < -0.4 is 0 Å². The molecular weight excluding hydrogens is 571 g/mol. The van der Waals surface area contributed by atoms with Crippen LogP contribution >= 0.6 is 0 Å². The van der Waals surface area contributed by atoms with Gasteiger partial charge in [-0.3, -0.25) is 4.98 Å². The largest absolute Gasteiger partial charge is 0.334 e. The van der Waals surface area contributed by atoms with E-state index < -0.39 is 24.4 Å². The molecule has 0 fully saturated rings. The molecule has 42 heavy (non-hydrogen) atoms. The molecule has 216 valence electrons. The summed E-state index contributed by atoms with van der Waals surface area (Å²) in [4.78, 5) is 9.36. The molecule has 0 saturated heterocycles. The molecule has 2 heterocycles. The fourth-order valence-corrected chi connectivity index (χ4v) is 5.77. The number of aryl methyl sites for hydroxylation is 1. The zero-order chi connectivity index (χ0) is 30.3. The molecule has 0 radical (unpaired) electrons. The molecule has 0 aliphatic rings. The standard InChI is InChI=1S/C32H31N3O5S2/c1-6-29-34-31(40-35-29)28(22-12-14-26(15-13-22)41(4,36)37)18-21-9-7-10-23(17-21)27-20-25(32(2,3)42(5,38)39)19-24-11-8-16-33-30(24)27/h7-20H,6H2,1-5H3/b28-18+. The van der Waals surface area contributed by atoms with Gasteiger partial charge in [-0.25, -0.2) is 16.8 Å². The van der Waals surface area contributed by atoms with Crippen molar-refractivity contribution in [1.29, 1.82) is 0 Å². The van der Waals surface area contributed by atoms with Crippen molar-refractivity contribution in [2.45, 2.75) is 36.8 Å². The molecule has 5 aromatic rings. The van der Waals surface area contributed by atoms with Gasteiger partial charge in [0.2, 0.25) is 0 Å². The van der Waals surface area contributed by atoms with Crippen molar-refractivity contribution in [3.05, 3.63) is 107 Å². The highest BCUT2D eigenvalue weighted by molar-refractivity contribution is 7.91. The van der Waals surface area contributed by atoms with Gasteiger partial charge in [0.1, 0.15) is 0 Å². The number of hydrogen-bond acceptors (Lipinski definition) is 8. The smallest absolute Gasteiger partial charge is 0.258 e. The Bertz CT molecular complexity index is 2040. The summed E-state index contributed by atoms with van der Waals surface area (Å²) in [6.07, 6.45) is 6.64. The van der Waals surface area contributed by atoms with Gasteiger partial charge in [-0.05, 0) is 78.6 Å². The van der Waals surface area contributed by atoms with Gasteiger partial charge in [-0.2, -0.15) is 4.98 Å². The Hall–Kier alpha value is -4.15. The van der Waals surface area contributed by atoms with E-state index in [-0.39, 0.29) is 4.90 Å². The second-order valence-corrected chi connectivity index (χ2v) is 15.3. The molecule has 0 amide bonds. The maximum atomic E-state index is 12.7. The molecule has 0 unspecified atom stereocenters. The molecule has 3 aromatic carbocycles. The summed E-state index contributed by atoms with van der Waals surface area (Å²) in [6, 6.07) is 21.9. The topological polar surface area (TPSA) is 120 Å². The number of hydrogen-bond donors (Lipinski definition) is 0. The number of nitrogens with zero attached hydrogens (tertiary/aromatic N) is 3. The van der Waals surface area contributed by atoms with E-state index in [1.807, 2.05) is 61.5 Å². The lowest BCUT2D eigenvalue weighted by Gasteiger charge is -2.24. The monoisotopic (exact) mass is 601 g/mol. The van der Waals surface area contributed by atoms with Crippen molar-refractivity contribution in [2.75, 3.05) is 12.5 Å². The highest BCUT2D eigenvalue weighted by Crippen LogP contribution is 2.37. The Labute approximate surface area is 246 Å². The minimum atomic E-state index is -3.41. The Balaban J connectivity index is 1.68. The van der Waals surface area contributed by atoms with Gasteiger partial charge >= 0.3 is 0 Å². The fraction of sp³-hybridized carbons (Fsp3) is 0.219. The van der Waals surface area contributed by atoms with Gasteiger partial charge in [0.05, 0.1) is 15.2 Å². The molecule has 0 N–H and O–H groups in total. The Morgan fingerprint density at radius 1 is 0.929 bits per heavy atom. The number of rotatable bonds is 8. The maximum absolute atomic E-state index is 12.7. The molecule has 0 atom stereocenters. The molecule has 0 saturated carbocycles. The molecule has 0 aliphatic carbocycles. The average molecular weight is 602 g/mol. The van der Waals surface area contributed by atoms with Gasteiger partial charge in [0.25, 0.3) is 5.89 Å². The van der Waals surface area contributed by atoms with E-state index in [4.69, 9.17) is 4.52 Å². The van der Waals surface area contributed by atoms with Crippen molar-refractivity contribution in [1.82, 2.24) is 15.1 Å². The van der Waals surface area contributed by atoms with Gasteiger partial charge < -0.3 is 4.52 Å². The quantitative estimate of drug-likeness (QED) is 0.195. The Morgan fingerprint density at radius 2 is 1.67 bits per heavy atom. The first kappa shape index (κ1) is 29.3. The predicted octanol–water partition coefficient (Wildman–Crippen LogP) is 6.12. The number of benzene rings is 3. The van der Waals surface area contributed by atoms with E-state index in [1.165, 1.54) is 12.5 Å². The van der Waals surface area contributed by atoms with Crippen LogP contribution in [-0.4, -0.2) is 44.5 Å². The van der Waals surface area contributed by atoms with Crippen molar-refractivity contribution < 1.29 is 21.4 Å². The Kier molecular flexibility index (Phi) is 7.63. The van der Waals surface area contributed by atoms with Crippen molar-refractivity contribution in [3.63, 3.8) is 0 Å². The van der Waals surface area contributed by atoms with E-state index in [0.717, 1.165) is 27.6 Å². The predicted molar refractivity (Wildman–Crippen MR) is 165 cm³/mol. The maximum Gasteiger partial charge on any atom is 0.258 e. The van der Waals surface area contributed by atoms with E-state index in [1.54, 1.807) is 44.3 Å². The summed E-state index contributed by atoms with van der Waals surface area (Å²) in [5, 5.41) is 4.89. The highest BCUT2D eigenvalue weighted by Gasteiger charge is 2.33. The van der Waals surface area contributed by atoms with Crippen LogP contribution in [0, 0.1) is 0 Å². The zero-order valence-electron chi connectivity index (χ0n) is 24.0. The molecule has 2 aromatic heterocycles. The van der Waals surface area contributed by atoms with Crippen LogP contribution in [0.4, 0.5) is 0 Å².